The van der Waals surface area contributed by atoms with Gasteiger partial charge < -0.3 is 4.74 Å². The predicted octanol–water partition coefficient (Wildman–Crippen LogP) is 3.76. The molecule has 10 heteroatoms. The molecule has 0 spiro atoms. The standard InChI is InChI=1S/C17H13N3O5S2/c21-20(22)13-3-5-14(6-4-13)25-15-7-9-17(10-8-15)27(23,24)19-18-12-16-2-1-11-26-16/h1-12,19H/b18-12+. The Hall–Kier alpha value is -3.24. The van der Waals surface area contributed by atoms with Crippen LogP contribution in [0.25, 0.3) is 0 Å². The number of rotatable bonds is 7. The molecule has 0 unspecified atom stereocenters. The Kier molecular flexibility index (Phi) is 5.48. The van der Waals surface area contributed by atoms with Gasteiger partial charge in [0, 0.05) is 17.0 Å². The van der Waals surface area contributed by atoms with E-state index in [4.69, 9.17) is 4.74 Å². The Morgan fingerprint density at radius 3 is 2.22 bits per heavy atom. The fraction of sp³-hybridized carbons (Fsp3) is 0. The molecule has 0 fully saturated rings. The Balaban J connectivity index is 1.66. The van der Waals surface area contributed by atoms with E-state index in [2.05, 4.69) is 9.93 Å². The van der Waals surface area contributed by atoms with Gasteiger partial charge in [-0.15, -0.1) is 11.3 Å². The van der Waals surface area contributed by atoms with Crippen LogP contribution in [0, 0.1) is 10.1 Å². The van der Waals surface area contributed by atoms with Crippen LogP contribution in [0.2, 0.25) is 0 Å². The lowest BCUT2D eigenvalue weighted by atomic mass is 10.3. The second-order valence-corrected chi connectivity index (χ2v) is 7.83. The molecule has 27 heavy (non-hydrogen) atoms. The van der Waals surface area contributed by atoms with Crippen LogP contribution in [-0.2, 0) is 10.0 Å². The summed E-state index contributed by atoms with van der Waals surface area (Å²) in [5.74, 6) is 0.791. The highest BCUT2D eigenvalue weighted by molar-refractivity contribution is 7.89. The third-order valence-corrected chi connectivity index (χ3v) is 5.37. The molecule has 138 valence electrons. The Labute approximate surface area is 158 Å². The van der Waals surface area contributed by atoms with Crippen molar-refractivity contribution in [1.82, 2.24) is 4.83 Å². The number of nitrogens with one attached hydrogen (secondary N) is 1. The highest BCUT2D eigenvalue weighted by atomic mass is 32.2. The lowest BCUT2D eigenvalue weighted by molar-refractivity contribution is -0.384. The molecule has 0 aliphatic carbocycles. The number of thiophene rings is 1. The van der Waals surface area contributed by atoms with E-state index in [9.17, 15) is 18.5 Å². The number of benzene rings is 2. The van der Waals surface area contributed by atoms with E-state index in [1.807, 2.05) is 17.5 Å². The van der Waals surface area contributed by atoms with Crippen LogP contribution in [0.1, 0.15) is 4.88 Å². The summed E-state index contributed by atoms with van der Waals surface area (Å²) in [5, 5.41) is 16.2. The van der Waals surface area contributed by atoms with Gasteiger partial charge in [-0.3, -0.25) is 10.1 Å². The number of non-ortho nitro benzene ring substituents is 1. The van der Waals surface area contributed by atoms with Crippen molar-refractivity contribution in [1.29, 1.82) is 0 Å². The van der Waals surface area contributed by atoms with Gasteiger partial charge in [0.15, 0.2) is 0 Å². The average molecular weight is 403 g/mol. The molecular weight excluding hydrogens is 390 g/mol. The topological polar surface area (TPSA) is 111 Å². The highest BCUT2D eigenvalue weighted by Crippen LogP contribution is 2.24. The largest absolute Gasteiger partial charge is 0.457 e. The van der Waals surface area contributed by atoms with E-state index in [0.717, 1.165) is 4.88 Å². The number of hydrogen-bond donors (Lipinski definition) is 1. The van der Waals surface area contributed by atoms with Crippen LogP contribution >= 0.6 is 11.3 Å². The summed E-state index contributed by atoms with van der Waals surface area (Å²) in [6.45, 7) is 0. The number of sulfonamides is 1. The first-order valence-electron chi connectivity index (χ1n) is 7.55. The summed E-state index contributed by atoms with van der Waals surface area (Å²) in [5.41, 5.74) is -0.0435. The maximum Gasteiger partial charge on any atom is 0.276 e. The van der Waals surface area contributed by atoms with E-state index < -0.39 is 14.9 Å². The monoisotopic (exact) mass is 403 g/mol. The van der Waals surface area contributed by atoms with Crippen LogP contribution in [0.15, 0.2) is 76.0 Å². The number of nitro groups is 1. The molecule has 2 aromatic carbocycles. The number of hydrogen-bond acceptors (Lipinski definition) is 7. The van der Waals surface area contributed by atoms with Crippen molar-refractivity contribution in [2.75, 3.05) is 0 Å². The first kappa shape index (κ1) is 18.5. The Morgan fingerprint density at radius 1 is 1.04 bits per heavy atom. The fourth-order valence-corrected chi connectivity index (χ4v) is 3.41. The second-order valence-electron chi connectivity index (χ2n) is 5.19. The zero-order valence-corrected chi connectivity index (χ0v) is 15.3. The predicted molar refractivity (Wildman–Crippen MR) is 102 cm³/mol. The van der Waals surface area contributed by atoms with Crippen molar-refractivity contribution in [2.24, 2.45) is 5.10 Å². The minimum atomic E-state index is -3.79. The average Bonchev–Trinajstić information content (AvgIpc) is 3.16. The summed E-state index contributed by atoms with van der Waals surface area (Å²) in [6.07, 6.45) is 1.42. The normalized spacial score (nSPS) is 11.4. The van der Waals surface area contributed by atoms with Gasteiger partial charge in [0.1, 0.15) is 11.5 Å². The van der Waals surface area contributed by atoms with E-state index in [1.165, 1.54) is 66.1 Å². The van der Waals surface area contributed by atoms with Gasteiger partial charge in [-0.25, -0.2) is 4.83 Å². The smallest absolute Gasteiger partial charge is 0.276 e. The van der Waals surface area contributed by atoms with Crippen molar-refractivity contribution in [2.45, 2.75) is 4.90 Å². The number of nitrogens with zero attached hydrogens (tertiary/aromatic N) is 2. The molecule has 1 N–H and O–H groups in total. The number of hydrazone groups is 1. The van der Waals surface area contributed by atoms with Crippen molar-refractivity contribution in [3.63, 3.8) is 0 Å². The molecule has 1 aromatic heterocycles. The van der Waals surface area contributed by atoms with Crippen LogP contribution < -0.4 is 9.57 Å². The van der Waals surface area contributed by atoms with Gasteiger partial charge in [0.25, 0.3) is 15.7 Å². The zero-order chi connectivity index (χ0) is 19.3. The van der Waals surface area contributed by atoms with Crippen molar-refractivity contribution in [3.05, 3.63) is 81.0 Å². The van der Waals surface area contributed by atoms with Gasteiger partial charge in [-0.2, -0.15) is 13.5 Å². The van der Waals surface area contributed by atoms with Gasteiger partial charge in [-0.1, -0.05) is 6.07 Å². The second kappa shape index (κ2) is 7.98. The Bertz CT molecular complexity index is 1040. The highest BCUT2D eigenvalue weighted by Gasteiger charge is 2.13. The number of nitro benzene ring substituents is 1. The minimum absolute atomic E-state index is 0.0295. The molecule has 0 aliphatic heterocycles. The van der Waals surface area contributed by atoms with Gasteiger partial charge in [0.05, 0.1) is 16.0 Å². The molecule has 0 bridgehead atoms. The lowest BCUT2D eigenvalue weighted by Crippen LogP contribution is -2.18. The van der Waals surface area contributed by atoms with E-state index in [1.54, 1.807) is 0 Å². The van der Waals surface area contributed by atoms with Gasteiger partial charge in [-0.05, 0) is 47.8 Å². The fourth-order valence-electron chi connectivity index (χ4n) is 2.04. The van der Waals surface area contributed by atoms with E-state index in [-0.39, 0.29) is 10.6 Å². The first-order valence-corrected chi connectivity index (χ1v) is 9.91. The zero-order valence-electron chi connectivity index (χ0n) is 13.7. The maximum atomic E-state index is 12.2. The van der Waals surface area contributed by atoms with Crippen LogP contribution in [-0.4, -0.2) is 19.6 Å². The number of ether oxygens (including phenoxy) is 1. The summed E-state index contributed by atoms with van der Waals surface area (Å²) in [6, 6.07) is 14.9. The quantitative estimate of drug-likeness (QED) is 0.367. The van der Waals surface area contributed by atoms with Gasteiger partial charge >= 0.3 is 0 Å². The molecule has 0 atom stereocenters. The summed E-state index contributed by atoms with van der Waals surface area (Å²) in [4.78, 5) is 13.1. The maximum absolute atomic E-state index is 12.2. The molecule has 0 radical (unpaired) electrons. The molecule has 0 aliphatic rings. The SMILES string of the molecule is O=[N+]([O-])c1ccc(Oc2ccc(S(=O)(=O)N/N=C/c3cccs3)cc2)cc1. The van der Waals surface area contributed by atoms with Crippen LogP contribution in [0.3, 0.4) is 0 Å². The molecule has 3 aromatic rings. The lowest BCUT2D eigenvalue weighted by Gasteiger charge is -2.07. The van der Waals surface area contributed by atoms with E-state index >= 15 is 0 Å². The van der Waals surface area contributed by atoms with Crippen molar-refractivity contribution in [3.8, 4) is 11.5 Å². The summed E-state index contributed by atoms with van der Waals surface area (Å²) >= 11 is 1.44. The first-order chi connectivity index (χ1) is 12.9. The molecule has 8 nitrogen and oxygen atoms in total. The van der Waals surface area contributed by atoms with Crippen LogP contribution in [0.4, 0.5) is 5.69 Å². The third-order valence-electron chi connectivity index (χ3n) is 3.33. The molecular formula is C17H13N3O5S2. The molecule has 0 amide bonds. The van der Waals surface area contributed by atoms with Crippen molar-refractivity contribution < 1.29 is 18.1 Å². The minimum Gasteiger partial charge on any atom is -0.457 e. The molecule has 1 heterocycles. The molecule has 0 saturated heterocycles. The Morgan fingerprint density at radius 2 is 1.67 bits per heavy atom. The van der Waals surface area contributed by atoms with E-state index in [0.29, 0.717) is 11.5 Å². The third kappa shape index (κ3) is 4.90. The summed E-state index contributed by atoms with van der Waals surface area (Å²) < 4.78 is 30.0. The van der Waals surface area contributed by atoms with Gasteiger partial charge in [0.2, 0.25) is 0 Å². The van der Waals surface area contributed by atoms with Crippen LogP contribution in [0.5, 0.6) is 11.5 Å². The van der Waals surface area contributed by atoms with Crippen molar-refractivity contribution >= 4 is 33.3 Å². The summed E-state index contributed by atoms with van der Waals surface area (Å²) in [7, 11) is -3.79. The molecule has 0 saturated carbocycles. The molecule has 3 rings (SSSR count).